The van der Waals surface area contributed by atoms with Gasteiger partial charge in [-0.05, 0) is 48.2 Å². The molecule has 0 spiro atoms. The van der Waals surface area contributed by atoms with E-state index in [1.54, 1.807) is 7.11 Å². The minimum atomic E-state index is -0.503. The molecule has 0 fully saturated rings. The average Bonchev–Trinajstić information content (AvgIpc) is 3.26. The van der Waals surface area contributed by atoms with Gasteiger partial charge in [0.05, 0.1) is 12.8 Å². The third-order valence-electron chi connectivity index (χ3n) is 5.93. The van der Waals surface area contributed by atoms with Gasteiger partial charge in [-0.3, -0.25) is 4.79 Å². The third-order valence-corrected chi connectivity index (χ3v) is 5.93. The zero-order valence-electron chi connectivity index (χ0n) is 18.7. The smallest absolute Gasteiger partial charge is 0.251 e. The average molecular weight is 429 g/mol. The zero-order valence-corrected chi connectivity index (χ0v) is 18.7. The van der Waals surface area contributed by atoms with Crippen LogP contribution >= 0.6 is 0 Å². The molecule has 3 aromatic carbocycles. The van der Waals surface area contributed by atoms with Crippen molar-refractivity contribution in [2.24, 2.45) is 5.16 Å². The van der Waals surface area contributed by atoms with Gasteiger partial charge in [0, 0.05) is 24.1 Å². The van der Waals surface area contributed by atoms with Crippen LogP contribution in [-0.4, -0.2) is 18.7 Å². The number of methoxy groups -OCH3 is 1. The van der Waals surface area contributed by atoms with E-state index in [0.29, 0.717) is 18.5 Å². The molecule has 0 bridgehead atoms. The number of rotatable bonds is 7. The number of ether oxygens (including phenoxy) is 1. The van der Waals surface area contributed by atoms with Crippen molar-refractivity contribution in [3.05, 3.63) is 101 Å². The molecule has 0 saturated carbocycles. The van der Waals surface area contributed by atoms with E-state index in [1.165, 1.54) is 0 Å². The molecule has 1 unspecified atom stereocenters. The topological polar surface area (TPSA) is 59.9 Å². The SMILES string of the molecule is CCc1ccc(C2=NOC(C)(c3ccccc3)C2)cc1C(=O)NCc1ccc(OC)cc1. The van der Waals surface area contributed by atoms with Gasteiger partial charge in [-0.25, -0.2) is 0 Å². The van der Waals surface area contributed by atoms with Crippen LogP contribution in [0.2, 0.25) is 0 Å². The Bertz CT molecular complexity index is 1120. The molecule has 3 aromatic rings. The Morgan fingerprint density at radius 1 is 1.09 bits per heavy atom. The van der Waals surface area contributed by atoms with Crippen LogP contribution in [0.15, 0.2) is 78.0 Å². The fourth-order valence-corrected chi connectivity index (χ4v) is 3.94. The van der Waals surface area contributed by atoms with Gasteiger partial charge in [-0.2, -0.15) is 0 Å². The van der Waals surface area contributed by atoms with Gasteiger partial charge >= 0.3 is 0 Å². The summed E-state index contributed by atoms with van der Waals surface area (Å²) in [7, 11) is 1.64. The van der Waals surface area contributed by atoms with Crippen molar-refractivity contribution in [1.29, 1.82) is 0 Å². The molecule has 0 radical (unpaired) electrons. The van der Waals surface area contributed by atoms with E-state index in [4.69, 9.17) is 9.57 Å². The summed E-state index contributed by atoms with van der Waals surface area (Å²) in [5.41, 5.74) is 5.04. The van der Waals surface area contributed by atoms with Crippen LogP contribution in [0.1, 0.15) is 52.9 Å². The van der Waals surface area contributed by atoms with Crippen LogP contribution in [0.25, 0.3) is 0 Å². The van der Waals surface area contributed by atoms with Gasteiger partial charge in [-0.1, -0.05) is 66.7 Å². The lowest BCUT2D eigenvalue weighted by atomic mass is 9.88. The molecular formula is C27H28N2O3. The summed E-state index contributed by atoms with van der Waals surface area (Å²) >= 11 is 0. The van der Waals surface area contributed by atoms with E-state index in [-0.39, 0.29) is 5.91 Å². The largest absolute Gasteiger partial charge is 0.497 e. The third kappa shape index (κ3) is 4.52. The number of hydrogen-bond donors (Lipinski definition) is 1. The van der Waals surface area contributed by atoms with E-state index >= 15 is 0 Å². The lowest BCUT2D eigenvalue weighted by Crippen LogP contribution is -2.25. The van der Waals surface area contributed by atoms with E-state index in [1.807, 2.05) is 67.6 Å². The molecule has 1 atom stereocenters. The number of oxime groups is 1. The summed E-state index contributed by atoms with van der Waals surface area (Å²) in [6.45, 7) is 4.55. The fourth-order valence-electron chi connectivity index (χ4n) is 3.94. The summed E-state index contributed by atoms with van der Waals surface area (Å²) in [6.07, 6.45) is 1.42. The van der Waals surface area contributed by atoms with Gasteiger partial charge in [0.15, 0.2) is 5.60 Å². The van der Waals surface area contributed by atoms with Crippen LogP contribution in [0.4, 0.5) is 0 Å². The summed E-state index contributed by atoms with van der Waals surface area (Å²) < 4.78 is 5.19. The number of amides is 1. The molecule has 1 aliphatic heterocycles. The van der Waals surface area contributed by atoms with Crippen molar-refractivity contribution in [2.75, 3.05) is 7.11 Å². The standard InChI is InChI=1S/C27H28N2O3/c1-4-20-12-13-21(25-17-27(2,32-29-25)22-8-6-5-7-9-22)16-24(20)26(30)28-18-19-10-14-23(31-3)15-11-19/h5-16H,4,17-18H2,1-3H3,(H,28,30). The van der Waals surface area contributed by atoms with Crippen LogP contribution in [0.3, 0.4) is 0 Å². The number of nitrogens with zero attached hydrogens (tertiary/aromatic N) is 1. The first-order valence-corrected chi connectivity index (χ1v) is 10.9. The summed E-state index contributed by atoms with van der Waals surface area (Å²) in [5, 5.41) is 7.41. The Hall–Kier alpha value is -3.60. The summed E-state index contributed by atoms with van der Waals surface area (Å²) in [4.78, 5) is 18.9. The number of carbonyl (C=O) groups is 1. The monoisotopic (exact) mass is 428 g/mol. The number of carbonyl (C=O) groups excluding carboxylic acids is 1. The second kappa shape index (κ2) is 9.27. The predicted molar refractivity (Wildman–Crippen MR) is 126 cm³/mol. The Balaban J connectivity index is 1.50. The molecule has 164 valence electrons. The number of nitrogens with one attached hydrogen (secondary N) is 1. The van der Waals surface area contributed by atoms with Gasteiger partial charge in [0.1, 0.15) is 5.75 Å². The molecule has 1 N–H and O–H groups in total. The van der Waals surface area contributed by atoms with Crippen molar-refractivity contribution in [2.45, 2.75) is 38.8 Å². The molecule has 4 rings (SSSR count). The highest BCUT2D eigenvalue weighted by atomic mass is 16.7. The molecule has 5 nitrogen and oxygen atoms in total. The lowest BCUT2D eigenvalue weighted by molar-refractivity contribution is -0.00738. The van der Waals surface area contributed by atoms with Crippen LogP contribution < -0.4 is 10.1 Å². The van der Waals surface area contributed by atoms with Crippen molar-refractivity contribution in [3.63, 3.8) is 0 Å². The summed E-state index contributed by atoms with van der Waals surface area (Å²) in [6, 6.07) is 23.8. The maximum absolute atomic E-state index is 13.0. The molecule has 32 heavy (non-hydrogen) atoms. The van der Waals surface area contributed by atoms with Crippen LogP contribution in [0, 0.1) is 0 Å². The molecule has 1 amide bonds. The van der Waals surface area contributed by atoms with Gasteiger partial charge in [0.2, 0.25) is 0 Å². The van der Waals surface area contributed by atoms with E-state index < -0.39 is 5.60 Å². The highest BCUT2D eigenvalue weighted by molar-refractivity contribution is 6.04. The minimum absolute atomic E-state index is 0.0927. The minimum Gasteiger partial charge on any atom is -0.497 e. The zero-order chi connectivity index (χ0) is 22.6. The van der Waals surface area contributed by atoms with Crippen LogP contribution in [-0.2, 0) is 23.4 Å². The van der Waals surface area contributed by atoms with Crippen molar-refractivity contribution >= 4 is 11.6 Å². The molecule has 0 aromatic heterocycles. The number of hydrogen-bond acceptors (Lipinski definition) is 4. The Morgan fingerprint density at radius 3 is 2.53 bits per heavy atom. The second-order valence-corrected chi connectivity index (χ2v) is 8.16. The highest BCUT2D eigenvalue weighted by Crippen LogP contribution is 2.36. The first-order valence-electron chi connectivity index (χ1n) is 10.9. The Morgan fingerprint density at radius 2 is 1.84 bits per heavy atom. The predicted octanol–water partition coefficient (Wildman–Crippen LogP) is 5.23. The van der Waals surface area contributed by atoms with E-state index in [2.05, 4.69) is 29.5 Å². The first-order chi connectivity index (χ1) is 15.5. The van der Waals surface area contributed by atoms with E-state index in [0.717, 1.165) is 40.1 Å². The van der Waals surface area contributed by atoms with Gasteiger partial charge < -0.3 is 14.9 Å². The van der Waals surface area contributed by atoms with Gasteiger partial charge in [-0.15, -0.1) is 0 Å². The molecular weight excluding hydrogens is 400 g/mol. The highest BCUT2D eigenvalue weighted by Gasteiger charge is 2.36. The van der Waals surface area contributed by atoms with Crippen molar-refractivity contribution in [1.82, 2.24) is 5.32 Å². The molecule has 0 saturated heterocycles. The lowest BCUT2D eigenvalue weighted by Gasteiger charge is -2.21. The molecule has 1 aliphatic rings. The Kier molecular flexibility index (Phi) is 6.26. The molecule has 1 heterocycles. The molecule has 5 heteroatoms. The Labute approximate surface area is 189 Å². The maximum Gasteiger partial charge on any atom is 0.251 e. The first kappa shape index (κ1) is 21.6. The van der Waals surface area contributed by atoms with E-state index in [9.17, 15) is 4.79 Å². The van der Waals surface area contributed by atoms with Crippen molar-refractivity contribution in [3.8, 4) is 5.75 Å². The second-order valence-electron chi connectivity index (χ2n) is 8.16. The number of benzene rings is 3. The van der Waals surface area contributed by atoms with Gasteiger partial charge in [0.25, 0.3) is 5.91 Å². The maximum atomic E-state index is 13.0. The number of aryl methyl sites for hydroxylation is 1. The quantitative estimate of drug-likeness (QED) is 0.561. The van der Waals surface area contributed by atoms with Crippen molar-refractivity contribution < 1.29 is 14.4 Å². The summed E-state index contributed by atoms with van der Waals surface area (Å²) in [5.74, 6) is 0.702. The fraction of sp³-hybridized carbons (Fsp3) is 0.259. The normalized spacial score (nSPS) is 17.4. The van der Waals surface area contributed by atoms with Crippen LogP contribution in [0.5, 0.6) is 5.75 Å². The molecule has 0 aliphatic carbocycles.